The fraction of sp³-hybridized carbons (Fsp3) is 0.500. The number of oxazole rings is 1. The molecule has 1 fully saturated rings. The summed E-state index contributed by atoms with van der Waals surface area (Å²) in [5, 5.41) is 0.718. The maximum Gasteiger partial charge on any atom is 0.195 e. The van der Waals surface area contributed by atoms with E-state index in [1.54, 1.807) is 0 Å². The van der Waals surface area contributed by atoms with Crippen molar-refractivity contribution < 1.29 is 4.42 Å². The van der Waals surface area contributed by atoms with Crippen molar-refractivity contribution in [2.24, 2.45) is 5.92 Å². The van der Waals surface area contributed by atoms with Crippen molar-refractivity contribution in [3.05, 3.63) is 29.1 Å². The molecule has 0 spiro atoms. The second kappa shape index (κ2) is 4.69. The van der Waals surface area contributed by atoms with Crippen LogP contribution in [0.25, 0.3) is 11.1 Å². The lowest BCUT2D eigenvalue weighted by Crippen LogP contribution is -2.09. The first kappa shape index (κ1) is 11.1. The van der Waals surface area contributed by atoms with Gasteiger partial charge in [0, 0.05) is 11.4 Å². The van der Waals surface area contributed by atoms with E-state index in [2.05, 4.69) is 4.98 Å². The van der Waals surface area contributed by atoms with Crippen LogP contribution in [0.1, 0.15) is 38.0 Å². The van der Waals surface area contributed by atoms with Crippen LogP contribution in [0.3, 0.4) is 0 Å². The van der Waals surface area contributed by atoms with E-state index in [0.29, 0.717) is 0 Å². The molecule has 0 unspecified atom stereocenters. The number of halogens is 1. The molecule has 0 bridgehead atoms. The molecule has 17 heavy (non-hydrogen) atoms. The highest BCUT2D eigenvalue weighted by atomic mass is 35.5. The Hall–Kier alpha value is -1.02. The van der Waals surface area contributed by atoms with Crippen LogP contribution in [0.4, 0.5) is 0 Å². The van der Waals surface area contributed by atoms with E-state index >= 15 is 0 Å². The zero-order valence-electron chi connectivity index (χ0n) is 9.79. The van der Waals surface area contributed by atoms with Crippen molar-refractivity contribution in [1.82, 2.24) is 4.98 Å². The predicted octanol–water partition coefficient (Wildman–Crippen LogP) is 4.60. The molecule has 2 aromatic rings. The van der Waals surface area contributed by atoms with E-state index in [1.165, 1.54) is 32.1 Å². The van der Waals surface area contributed by atoms with Crippen molar-refractivity contribution in [1.29, 1.82) is 0 Å². The second-order valence-electron chi connectivity index (χ2n) is 4.93. The molecule has 1 aliphatic carbocycles. The fourth-order valence-corrected chi connectivity index (χ4v) is 2.84. The van der Waals surface area contributed by atoms with Crippen LogP contribution >= 0.6 is 11.6 Å². The SMILES string of the molecule is Clc1ccc2oc(CC3CCCCC3)nc2c1. The van der Waals surface area contributed by atoms with Crippen molar-refractivity contribution in [3.63, 3.8) is 0 Å². The monoisotopic (exact) mass is 249 g/mol. The predicted molar refractivity (Wildman–Crippen MR) is 69.3 cm³/mol. The standard InChI is InChI=1S/C14H16ClNO/c15-11-6-7-13-12(9-11)16-14(17-13)8-10-4-2-1-3-5-10/h6-7,9-10H,1-5,8H2. The average molecular weight is 250 g/mol. The molecular formula is C14H16ClNO. The maximum atomic E-state index is 5.94. The summed E-state index contributed by atoms with van der Waals surface area (Å²) in [7, 11) is 0. The summed E-state index contributed by atoms with van der Waals surface area (Å²) in [4.78, 5) is 4.52. The van der Waals surface area contributed by atoms with Crippen LogP contribution < -0.4 is 0 Å². The lowest BCUT2D eigenvalue weighted by atomic mass is 9.87. The Balaban J connectivity index is 1.80. The molecule has 1 aromatic carbocycles. The van der Waals surface area contributed by atoms with Crippen LogP contribution in [0.5, 0.6) is 0 Å². The first-order chi connectivity index (χ1) is 8.31. The molecule has 0 saturated heterocycles. The van der Waals surface area contributed by atoms with Gasteiger partial charge in [-0.05, 0) is 37.0 Å². The minimum atomic E-state index is 0.718. The van der Waals surface area contributed by atoms with E-state index < -0.39 is 0 Å². The molecule has 1 heterocycles. The molecule has 1 aliphatic rings. The average Bonchev–Trinajstić information content (AvgIpc) is 2.71. The molecule has 0 aliphatic heterocycles. The van der Waals surface area contributed by atoms with Gasteiger partial charge in [0.15, 0.2) is 11.5 Å². The van der Waals surface area contributed by atoms with E-state index in [0.717, 1.165) is 34.4 Å². The highest BCUT2D eigenvalue weighted by molar-refractivity contribution is 6.31. The van der Waals surface area contributed by atoms with Gasteiger partial charge < -0.3 is 4.42 Å². The van der Waals surface area contributed by atoms with E-state index in [-0.39, 0.29) is 0 Å². The summed E-state index contributed by atoms with van der Waals surface area (Å²) in [5.74, 6) is 1.63. The second-order valence-corrected chi connectivity index (χ2v) is 5.36. The molecule has 0 radical (unpaired) electrons. The number of hydrogen-bond donors (Lipinski definition) is 0. The lowest BCUT2D eigenvalue weighted by Gasteiger charge is -2.19. The molecule has 3 heteroatoms. The molecule has 0 amide bonds. The summed E-state index contributed by atoms with van der Waals surface area (Å²) in [6.45, 7) is 0. The Morgan fingerprint density at radius 1 is 1.24 bits per heavy atom. The van der Waals surface area contributed by atoms with Crippen molar-refractivity contribution >= 4 is 22.7 Å². The number of rotatable bonds is 2. The Morgan fingerprint density at radius 2 is 2.06 bits per heavy atom. The third-order valence-corrected chi connectivity index (χ3v) is 3.82. The van der Waals surface area contributed by atoms with Gasteiger partial charge in [-0.15, -0.1) is 0 Å². The van der Waals surface area contributed by atoms with Gasteiger partial charge in [-0.25, -0.2) is 4.98 Å². The lowest BCUT2D eigenvalue weighted by molar-refractivity contribution is 0.332. The van der Waals surface area contributed by atoms with Gasteiger partial charge in [-0.2, -0.15) is 0 Å². The first-order valence-electron chi connectivity index (χ1n) is 6.36. The third kappa shape index (κ3) is 2.47. The molecule has 2 nitrogen and oxygen atoms in total. The molecule has 1 saturated carbocycles. The number of hydrogen-bond acceptors (Lipinski definition) is 2. The Kier molecular flexibility index (Phi) is 3.06. The summed E-state index contributed by atoms with van der Waals surface area (Å²) in [6, 6.07) is 5.61. The Bertz CT molecular complexity index is 514. The summed E-state index contributed by atoms with van der Waals surface area (Å²) in [5.41, 5.74) is 1.73. The Labute approximate surface area is 106 Å². The molecular weight excluding hydrogens is 234 g/mol. The molecule has 0 atom stereocenters. The third-order valence-electron chi connectivity index (χ3n) is 3.58. The topological polar surface area (TPSA) is 26.0 Å². The normalized spacial score (nSPS) is 17.7. The maximum absolute atomic E-state index is 5.94. The number of benzene rings is 1. The largest absolute Gasteiger partial charge is 0.441 e. The van der Waals surface area contributed by atoms with Crippen LogP contribution in [-0.2, 0) is 6.42 Å². The zero-order valence-corrected chi connectivity index (χ0v) is 10.5. The van der Waals surface area contributed by atoms with Crippen molar-refractivity contribution in [2.75, 3.05) is 0 Å². The minimum absolute atomic E-state index is 0.718. The zero-order chi connectivity index (χ0) is 11.7. The highest BCUT2D eigenvalue weighted by Gasteiger charge is 2.17. The van der Waals surface area contributed by atoms with E-state index in [4.69, 9.17) is 16.0 Å². The highest BCUT2D eigenvalue weighted by Crippen LogP contribution is 2.28. The summed E-state index contributed by atoms with van der Waals surface area (Å²) >= 11 is 5.94. The van der Waals surface area contributed by atoms with Crippen molar-refractivity contribution in [2.45, 2.75) is 38.5 Å². The molecule has 0 N–H and O–H groups in total. The molecule has 90 valence electrons. The number of nitrogens with zero attached hydrogens (tertiary/aromatic N) is 1. The minimum Gasteiger partial charge on any atom is -0.441 e. The van der Waals surface area contributed by atoms with E-state index in [9.17, 15) is 0 Å². The summed E-state index contributed by atoms with van der Waals surface area (Å²) in [6.07, 6.45) is 7.72. The van der Waals surface area contributed by atoms with Gasteiger partial charge in [0.25, 0.3) is 0 Å². The number of aromatic nitrogens is 1. The smallest absolute Gasteiger partial charge is 0.195 e. The van der Waals surface area contributed by atoms with Crippen molar-refractivity contribution in [3.8, 4) is 0 Å². The van der Waals surface area contributed by atoms with E-state index in [1.807, 2.05) is 18.2 Å². The fourth-order valence-electron chi connectivity index (χ4n) is 2.67. The molecule has 1 aromatic heterocycles. The van der Waals surface area contributed by atoms with Gasteiger partial charge in [0.2, 0.25) is 0 Å². The van der Waals surface area contributed by atoms with Crippen LogP contribution in [0, 0.1) is 5.92 Å². The van der Waals surface area contributed by atoms with Gasteiger partial charge >= 0.3 is 0 Å². The summed E-state index contributed by atoms with van der Waals surface area (Å²) < 4.78 is 5.76. The van der Waals surface area contributed by atoms with Crippen LogP contribution in [-0.4, -0.2) is 4.98 Å². The van der Waals surface area contributed by atoms with Gasteiger partial charge in [-0.1, -0.05) is 30.9 Å². The van der Waals surface area contributed by atoms with Crippen LogP contribution in [0.2, 0.25) is 5.02 Å². The quantitative estimate of drug-likeness (QED) is 0.777. The molecule has 3 rings (SSSR count). The Morgan fingerprint density at radius 3 is 2.88 bits per heavy atom. The van der Waals surface area contributed by atoms with Gasteiger partial charge in [-0.3, -0.25) is 0 Å². The van der Waals surface area contributed by atoms with Crippen LogP contribution in [0.15, 0.2) is 22.6 Å². The number of fused-ring (bicyclic) bond motifs is 1. The van der Waals surface area contributed by atoms with Gasteiger partial charge in [0.05, 0.1) is 0 Å². The van der Waals surface area contributed by atoms with Gasteiger partial charge in [0.1, 0.15) is 5.52 Å². The first-order valence-corrected chi connectivity index (χ1v) is 6.74.